The van der Waals surface area contributed by atoms with Crippen LogP contribution in [-0.4, -0.2) is 10.7 Å². The second-order valence-corrected chi connectivity index (χ2v) is 7.82. The SMILES string of the molecule is CC.CC(=N)c1cc(O[C@H](C)c2c(Cl)cncc2Cl)c(F)cc1NPI. The maximum Gasteiger partial charge on any atom is 0.167 e. The molecule has 9 heteroatoms. The molecule has 1 aromatic carbocycles. The van der Waals surface area contributed by atoms with E-state index in [9.17, 15) is 4.39 Å². The van der Waals surface area contributed by atoms with Crippen LogP contribution in [0, 0.1) is 11.2 Å². The third-order valence-electron chi connectivity index (χ3n) is 3.26. The van der Waals surface area contributed by atoms with Crippen LogP contribution in [-0.2, 0) is 0 Å². The number of anilines is 1. The fourth-order valence-electron chi connectivity index (χ4n) is 2.17. The Hall–Kier alpha value is -0.690. The topological polar surface area (TPSA) is 58.0 Å². The lowest BCUT2D eigenvalue weighted by molar-refractivity contribution is 0.216. The number of aromatic nitrogens is 1. The lowest BCUT2D eigenvalue weighted by Gasteiger charge is -2.19. The first-order chi connectivity index (χ1) is 12.3. The van der Waals surface area contributed by atoms with E-state index in [4.69, 9.17) is 33.3 Å². The fraction of sp³-hybridized carbons (Fsp3) is 0.294. The number of halogens is 4. The van der Waals surface area contributed by atoms with Crippen LogP contribution in [0.5, 0.6) is 5.75 Å². The molecule has 4 nitrogen and oxygen atoms in total. The van der Waals surface area contributed by atoms with Gasteiger partial charge >= 0.3 is 0 Å². The largest absolute Gasteiger partial charge is 0.483 e. The predicted octanol–water partition coefficient (Wildman–Crippen LogP) is 7.44. The summed E-state index contributed by atoms with van der Waals surface area (Å²) in [6.45, 7) is 7.36. The van der Waals surface area contributed by atoms with E-state index in [2.05, 4.69) is 32.1 Å². The van der Waals surface area contributed by atoms with Crippen LogP contribution in [0.2, 0.25) is 10.0 Å². The number of nitrogens with zero attached hydrogens (tertiary/aromatic N) is 1. The second-order valence-electron chi connectivity index (χ2n) is 4.95. The van der Waals surface area contributed by atoms with Crippen LogP contribution in [0.3, 0.4) is 0 Å². The van der Waals surface area contributed by atoms with Crippen molar-refractivity contribution in [2.24, 2.45) is 0 Å². The number of hydrogen-bond acceptors (Lipinski definition) is 4. The zero-order chi connectivity index (χ0) is 19.9. The van der Waals surface area contributed by atoms with Gasteiger partial charge in [-0.3, -0.25) is 4.98 Å². The number of ether oxygens (including phenoxy) is 1. The highest BCUT2D eigenvalue weighted by Crippen LogP contribution is 2.36. The van der Waals surface area contributed by atoms with Gasteiger partial charge in [-0.2, -0.15) is 0 Å². The first-order valence-corrected chi connectivity index (χ1v) is 12.7. The Labute approximate surface area is 178 Å². The van der Waals surface area contributed by atoms with E-state index in [1.165, 1.54) is 24.5 Å². The average Bonchev–Trinajstić information content (AvgIpc) is 2.59. The molecule has 0 amide bonds. The number of hydrogen-bond donors (Lipinski definition) is 2. The first kappa shape index (κ1) is 23.3. The molecule has 2 atom stereocenters. The number of benzene rings is 1. The molecule has 0 aliphatic heterocycles. The molecule has 142 valence electrons. The Morgan fingerprint density at radius 2 is 1.88 bits per heavy atom. The van der Waals surface area contributed by atoms with Crippen molar-refractivity contribution in [3.8, 4) is 5.75 Å². The molecule has 2 N–H and O–H groups in total. The minimum absolute atomic E-state index is 0.0374. The van der Waals surface area contributed by atoms with Crippen molar-refractivity contribution in [3.63, 3.8) is 0 Å². The second kappa shape index (κ2) is 11.2. The Morgan fingerprint density at radius 1 is 1.31 bits per heavy atom. The summed E-state index contributed by atoms with van der Waals surface area (Å²) >= 11 is 14.4. The zero-order valence-corrected chi connectivity index (χ0v) is 19.4. The minimum atomic E-state index is -0.577. The summed E-state index contributed by atoms with van der Waals surface area (Å²) in [5.74, 6) is -0.485. The summed E-state index contributed by atoms with van der Waals surface area (Å²) in [6.07, 6.45) is 2.70. The number of pyridine rings is 1. The molecule has 0 spiro atoms. The van der Waals surface area contributed by atoms with E-state index >= 15 is 0 Å². The Morgan fingerprint density at radius 3 is 2.38 bits per heavy atom. The molecule has 1 heterocycles. The molecular weight excluding hydrogens is 510 g/mol. The van der Waals surface area contributed by atoms with Gasteiger partial charge in [-0.15, -0.1) is 0 Å². The minimum Gasteiger partial charge on any atom is -0.483 e. The van der Waals surface area contributed by atoms with E-state index < -0.39 is 11.9 Å². The predicted molar refractivity (Wildman–Crippen MR) is 120 cm³/mol. The van der Waals surface area contributed by atoms with Gasteiger partial charge < -0.3 is 15.2 Å². The van der Waals surface area contributed by atoms with Gasteiger partial charge in [0.05, 0.1) is 10.0 Å². The molecule has 0 saturated heterocycles. The van der Waals surface area contributed by atoms with Crippen molar-refractivity contribution in [1.82, 2.24) is 4.98 Å². The van der Waals surface area contributed by atoms with E-state index in [0.29, 0.717) is 38.9 Å². The molecule has 0 radical (unpaired) electrons. The molecule has 0 aliphatic rings. The van der Waals surface area contributed by atoms with Gasteiger partial charge in [-0.05, 0) is 42.0 Å². The third kappa shape index (κ3) is 5.91. The molecule has 26 heavy (non-hydrogen) atoms. The van der Waals surface area contributed by atoms with Gasteiger partial charge in [0.15, 0.2) is 11.6 Å². The highest BCUT2D eigenvalue weighted by molar-refractivity contribution is 14.2. The van der Waals surface area contributed by atoms with Crippen LogP contribution < -0.4 is 9.82 Å². The van der Waals surface area contributed by atoms with Crippen LogP contribution in [0.25, 0.3) is 0 Å². The molecule has 0 fully saturated rings. The standard InChI is InChI=1S/C15H14Cl2FIN3OP.C2H6/c1-7(20)9-3-14(12(18)4-13(9)22-24-19)23-8(2)15-10(16)5-21-6-11(15)17;1-2/h3-6,8,20,22,24H,1-2H3;1-2H3/t8-;/m1./s1. The Balaban J connectivity index is 0.00000163. The highest BCUT2D eigenvalue weighted by Gasteiger charge is 2.19. The molecule has 1 aromatic heterocycles. The van der Waals surface area contributed by atoms with E-state index in [-0.39, 0.29) is 5.75 Å². The fourth-order valence-corrected chi connectivity index (χ4v) is 4.02. The summed E-state index contributed by atoms with van der Waals surface area (Å²) < 4.78 is 20.1. The first-order valence-electron chi connectivity index (χ1n) is 7.81. The lowest BCUT2D eigenvalue weighted by Crippen LogP contribution is -2.08. The molecule has 2 rings (SSSR count). The van der Waals surface area contributed by atoms with Crippen molar-refractivity contribution in [2.75, 3.05) is 5.09 Å². The van der Waals surface area contributed by atoms with Crippen molar-refractivity contribution < 1.29 is 9.13 Å². The number of nitrogens with one attached hydrogen (secondary N) is 2. The van der Waals surface area contributed by atoms with Gasteiger partial charge in [0.1, 0.15) is 6.10 Å². The van der Waals surface area contributed by atoms with Crippen LogP contribution in [0.4, 0.5) is 10.1 Å². The Bertz CT molecular complexity index is 760. The van der Waals surface area contributed by atoms with Gasteiger partial charge in [0, 0.05) is 47.4 Å². The monoisotopic (exact) mass is 529 g/mol. The molecule has 0 aliphatic carbocycles. The van der Waals surface area contributed by atoms with E-state index in [1.54, 1.807) is 13.8 Å². The summed E-state index contributed by atoms with van der Waals surface area (Å²) in [6, 6.07) is 2.84. The quantitative estimate of drug-likeness (QED) is 0.232. The number of rotatable bonds is 6. The molecular formula is C17H20Cl2FIN3OP. The zero-order valence-electron chi connectivity index (χ0n) is 14.8. The van der Waals surface area contributed by atoms with Gasteiger partial charge in [0.25, 0.3) is 0 Å². The van der Waals surface area contributed by atoms with Gasteiger partial charge in [0.2, 0.25) is 0 Å². The van der Waals surface area contributed by atoms with E-state index in [1.807, 2.05) is 13.8 Å². The molecule has 1 unspecified atom stereocenters. The van der Waals surface area contributed by atoms with Crippen LogP contribution >= 0.6 is 51.6 Å². The third-order valence-corrected chi connectivity index (χ3v) is 5.03. The average molecular weight is 530 g/mol. The summed E-state index contributed by atoms with van der Waals surface area (Å²) in [7, 11) is 0. The van der Waals surface area contributed by atoms with Crippen LogP contribution in [0.1, 0.15) is 44.9 Å². The summed E-state index contributed by atoms with van der Waals surface area (Å²) in [5, 5.41) is 11.6. The van der Waals surface area contributed by atoms with Crippen molar-refractivity contribution >= 4 is 63.0 Å². The summed E-state index contributed by atoms with van der Waals surface area (Å²) in [5.41, 5.74) is 1.99. The maximum absolute atomic E-state index is 14.4. The smallest absolute Gasteiger partial charge is 0.167 e. The Kier molecular flexibility index (Phi) is 10.1. The molecule has 0 bridgehead atoms. The summed E-state index contributed by atoms with van der Waals surface area (Å²) in [4.78, 5) is 3.89. The molecule has 0 saturated carbocycles. The van der Waals surface area contributed by atoms with Crippen LogP contribution in [0.15, 0.2) is 24.5 Å². The normalized spacial score (nSPS) is 11.7. The van der Waals surface area contributed by atoms with Gasteiger partial charge in [-0.1, -0.05) is 37.0 Å². The lowest BCUT2D eigenvalue weighted by atomic mass is 10.1. The molecule has 2 aromatic rings. The van der Waals surface area contributed by atoms with Crippen molar-refractivity contribution in [3.05, 3.63) is 51.5 Å². The van der Waals surface area contributed by atoms with Crippen molar-refractivity contribution in [1.29, 1.82) is 5.41 Å². The van der Waals surface area contributed by atoms with E-state index in [0.717, 1.165) is 0 Å². The van der Waals surface area contributed by atoms with Crippen molar-refractivity contribution in [2.45, 2.75) is 33.8 Å². The van der Waals surface area contributed by atoms with Gasteiger partial charge in [-0.25, -0.2) is 4.39 Å². The highest BCUT2D eigenvalue weighted by atomic mass is 127. The maximum atomic E-state index is 14.4.